The number of nitrogens with one attached hydrogen (secondary N) is 1. The maximum Gasteiger partial charge on any atom is 0.341 e. The molecule has 7 heteroatoms. The highest BCUT2D eigenvalue weighted by Gasteiger charge is 2.23. The SMILES string of the molecule is CCOC(=O)c1c(NC(=O)CN2CCC(N)CC2)sc(C)c1C. The average Bonchev–Trinajstić information content (AvgIpc) is 2.76. The van der Waals surface area contributed by atoms with Crippen molar-refractivity contribution >= 4 is 28.2 Å². The lowest BCUT2D eigenvalue weighted by Gasteiger charge is -2.29. The number of carbonyl (C=O) groups excluding carboxylic acids is 2. The molecule has 1 amide bonds. The summed E-state index contributed by atoms with van der Waals surface area (Å²) in [5.74, 6) is -0.485. The topological polar surface area (TPSA) is 84.7 Å². The van der Waals surface area contributed by atoms with Crippen molar-refractivity contribution in [3.63, 3.8) is 0 Å². The van der Waals surface area contributed by atoms with E-state index >= 15 is 0 Å². The lowest BCUT2D eigenvalue weighted by molar-refractivity contribution is -0.117. The van der Waals surface area contributed by atoms with Crippen molar-refractivity contribution in [2.24, 2.45) is 5.73 Å². The average molecular weight is 339 g/mol. The number of nitrogens with zero attached hydrogens (tertiary/aromatic N) is 1. The van der Waals surface area contributed by atoms with Crippen LogP contribution in [0.25, 0.3) is 0 Å². The Balaban J connectivity index is 2.03. The highest BCUT2D eigenvalue weighted by atomic mass is 32.1. The Morgan fingerprint density at radius 3 is 2.61 bits per heavy atom. The molecule has 128 valence electrons. The summed E-state index contributed by atoms with van der Waals surface area (Å²) >= 11 is 1.41. The van der Waals surface area contributed by atoms with Gasteiger partial charge in [0.25, 0.3) is 0 Å². The predicted molar refractivity (Wildman–Crippen MR) is 92.0 cm³/mol. The van der Waals surface area contributed by atoms with Gasteiger partial charge in [0.1, 0.15) is 5.00 Å². The van der Waals surface area contributed by atoms with E-state index in [1.807, 2.05) is 13.8 Å². The van der Waals surface area contributed by atoms with Crippen LogP contribution < -0.4 is 11.1 Å². The second-order valence-electron chi connectivity index (χ2n) is 5.87. The first-order chi connectivity index (χ1) is 10.9. The maximum atomic E-state index is 12.3. The largest absolute Gasteiger partial charge is 0.462 e. The lowest BCUT2D eigenvalue weighted by atomic mass is 10.1. The van der Waals surface area contributed by atoms with Gasteiger partial charge in [-0.3, -0.25) is 9.69 Å². The van der Waals surface area contributed by atoms with Gasteiger partial charge in [-0.05, 0) is 39.2 Å². The normalized spacial score (nSPS) is 16.3. The molecule has 0 aliphatic carbocycles. The van der Waals surface area contributed by atoms with Crippen molar-refractivity contribution in [2.75, 3.05) is 31.6 Å². The first-order valence-corrected chi connectivity index (χ1v) is 8.78. The van der Waals surface area contributed by atoms with Crippen molar-refractivity contribution in [3.8, 4) is 0 Å². The fourth-order valence-electron chi connectivity index (χ4n) is 2.64. The molecule has 0 spiro atoms. The number of likely N-dealkylation sites (tertiary alicyclic amines) is 1. The molecular formula is C16H25N3O3S. The van der Waals surface area contributed by atoms with Gasteiger partial charge in [0.2, 0.25) is 5.91 Å². The van der Waals surface area contributed by atoms with Crippen molar-refractivity contribution in [3.05, 3.63) is 16.0 Å². The van der Waals surface area contributed by atoms with Crippen molar-refractivity contribution < 1.29 is 14.3 Å². The Morgan fingerprint density at radius 1 is 1.35 bits per heavy atom. The standard InChI is InChI=1S/C16H25N3O3S/c1-4-22-16(21)14-10(2)11(3)23-15(14)18-13(20)9-19-7-5-12(17)6-8-19/h12H,4-9,17H2,1-3H3,(H,18,20). The summed E-state index contributed by atoms with van der Waals surface area (Å²) in [5.41, 5.74) is 7.22. The molecule has 0 unspecified atom stereocenters. The number of carbonyl (C=O) groups is 2. The van der Waals surface area contributed by atoms with Crippen LogP contribution in [-0.2, 0) is 9.53 Å². The predicted octanol–water partition coefficient (Wildman–Crippen LogP) is 1.90. The third-order valence-electron chi connectivity index (χ3n) is 4.12. The van der Waals surface area contributed by atoms with Crippen LogP contribution in [0.3, 0.4) is 0 Å². The van der Waals surface area contributed by atoms with Gasteiger partial charge in [-0.25, -0.2) is 4.79 Å². The number of amides is 1. The molecule has 0 aromatic carbocycles. The number of aryl methyl sites for hydroxylation is 1. The zero-order valence-electron chi connectivity index (χ0n) is 14.0. The van der Waals surface area contributed by atoms with E-state index in [0.29, 0.717) is 23.7 Å². The van der Waals surface area contributed by atoms with Gasteiger partial charge in [-0.2, -0.15) is 0 Å². The molecule has 1 aromatic heterocycles. The molecule has 2 rings (SSSR count). The van der Waals surface area contributed by atoms with Crippen molar-refractivity contribution in [2.45, 2.75) is 39.7 Å². The van der Waals surface area contributed by atoms with E-state index in [1.165, 1.54) is 11.3 Å². The molecule has 23 heavy (non-hydrogen) atoms. The number of hydrogen-bond acceptors (Lipinski definition) is 6. The quantitative estimate of drug-likeness (QED) is 0.801. The van der Waals surface area contributed by atoms with Crippen LogP contribution in [0.15, 0.2) is 0 Å². The Labute approximate surface area is 141 Å². The third kappa shape index (κ3) is 4.53. The molecule has 3 N–H and O–H groups in total. The van der Waals surface area contributed by atoms with E-state index in [-0.39, 0.29) is 17.9 Å². The van der Waals surface area contributed by atoms with Crippen LogP contribution in [0.5, 0.6) is 0 Å². The van der Waals surface area contributed by atoms with Gasteiger partial charge in [0, 0.05) is 24.0 Å². The lowest BCUT2D eigenvalue weighted by Crippen LogP contribution is -2.43. The number of esters is 1. The van der Waals surface area contributed by atoms with Gasteiger partial charge >= 0.3 is 5.97 Å². The van der Waals surface area contributed by atoms with Crippen LogP contribution >= 0.6 is 11.3 Å². The summed E-state index contributed by atoms with van der Waals surface area (Å²) < 4.78 is 5.10. The summed E-state index contributed by atoms with van der Waals surface area (Å²) in [5, 5.41) is 3.46. The van der Waals surface area contributed by atoms with E-state index in [1.54, 1.807) is 6.92 Å². The first-order valence-electron chi connectivity index (χ1n) is 7.97. The summed E-state index contributed by atoms with van der Waals surface area (Å²) in [6, 6.07) is 0.243. The molecule has 0 radical (unpaired) electrons. The highest BCUT2D eigenvalue weighted by molar-refractivity contribution is 7.16. The molecule has 1 aliphatic rings. The smallest absolute Gasteiger partial charge is 0.341 e. The van der Waals surface area contributed by atoms with Crippen LogP contribution in [0.4, 0.5) is 5.00 Å². The minimum Gasteiger partial charge on any atom is -0.462 e. The summed E-state index contributed by atoms with van der Waals surface area (Å²) in [6.07, 6.45) is 1.83. The Kier molecular flexibility index (Phi) is 6.15. The van der Waals surface area contributed by atoms with E-state index < -0.39 is 0 Å². The second-order valence-corrected chi connectivity index (χ2v) is 7.09. The summed E-state index contributed by atoms with van der Waals surface area (Å²) in [7, 11) is 0. The molecule has 0 bridgehead atoms. The maximum absolute atomic E-state index is 12.3. The van der Waals surface area contributed by atoms with E-state index in [4.69, 9.17) is 10.5 Å². The zero-order valence-corrected chi connectivity index (χ0v) is 14.8. The van der Waals surface area contributed by atoms with Crippen LogP contribution in [0.1, 0.15) is 40.6 Å². The van der Waals surface area contributed by atoms with Crippen LogP contribution in [-0.4, -0.2) is 49.1 Å². The third-order valence-corrected chi connectivity index (χ3v) is 5.24. The van der Waals surface area contributed by atoms with E-state index in [0.717, 1.165) is 36.4 Å². The molecule has 2 heterocycles. The summed E-state index contributed by atoms with van der Waals surface area (Å²) in [6.45, 7) is 7.89. The van der Waals surface area contributed by atoms with Gasteiger partial charge < -0.3 is 15.8 Å². The van der Waals surface area contributed by atoms with Gasteiger partial charge in [0.15, 0.2) is 0 Å². The molecule has 1 saturated heterocycles. The number of piperidine rings is 1. The Bertz CT molecular complexity index is 577. The van der Waals surface area contributed by atoms with Gasteiger partial charge in [-0.1, -0.05) is 0 Å². The number of ether oxygens (including phenoxy) is 1. The minimum atomic E-state index is -0.381. The fourth-order valence-corrected chi connectivity index (χ4v) is 3.71. The monoisotopic (exact) mass is 339 g/mol. The Morgan fingerprint density at radius 2 is 2.00 bits per heavy atom. The Hall–Kier alpha value is -1.44. The van der Waals surface area contributed by atoms with E-state index in [9.17, 15) is 9.59 Å². The number of thiophene rings is 1. The molecule has 1 fully saturated rings. The second kappa shape index (κ2) is 7.90. The number of rotatable bonds is 5. The molecule has 0 saturated carbocycles. The molecular weight excluding hydrogens is 314 g/mol. The van der Waals surface area contributed by atoms with Gasteiger partial charge in [-0.15, -0.1) is 11.3 Å². The molecule has 6 nitrogen and oxygen atoms in total. The molecule has 0 atom stereocenters. The van der Waals surface area contributed by atoms with Crippen LogP contribution in [0.2, 0.25) is 0 Å². The van der Waals surface area contributed by atoms with Crippen molar-refractivity contribution in [1.29, 1.82) is 0 Å². The number of hydrogen-bond donors (Lipinski definition) is 2. The van der Waals surface area contributed by atoms with Gasteiger partial charge in [0.05, 0.1) is 18.7 Å². The van der Waals surface area contributed by atoms with E-state index in [2.05, 4.69) is 10.2 Å². The highest BCUT2D eigenvalue weighted by Crippen LogP contribution is 2.33. The summed E-state index contributed by atoms with van der Waals surface area (Å²) in [4.78, 5) is 27.5. The number of anilines is 1. The molecule has 1 aliphatic heterocycles. The molecule has 1 aromatic rings. The first kappa shape index (κ1) is 17.9. The van der Waals surface area contributed by atoms with Crippen molar-refractivity contribution in [1.82, 2.24) is 4.90 Å². The van der Waals surface area contributed by atoms with Crippen LogP contribution in [0, 0.1) is 13.8 Å². The minimum absolute atomic E-state index is 0.104. The zero-order chi connectivity index (χ0) is 17.0. The fraction of sp³-hybridized carbons (Fsp3) is 0.625. The number of nitrogens with two attached hydrogens (primary N) is 1.